The number of nitrogens with one attached hydrogen (secondary N) is 1. The molecule has 1 N–H and O–H groups in total. The molecule has 4 nitrogen and oxygen atoms in total. The molecule has 0 spiro atoms. The summed E-state index contributed by atoms with van der Waals surface area (Å²) in [5.41, 5.74) is 0.602. The molecule has 2 rings (SSSR count). The van der Waals surface area contributed by atoms with Gasteiger partial charge in [-0.15, -0.1) is 0 Å². The van der Waals surface area contributed by atoms with E-state index in [9.17, 15) is 4.79 Å². The molecular formula is C16H23NO3. The van der Waals surface area contributed by atoms with Crippen molar-refractivity contribution in [3.05, 3.63) is 23.8 Å². The number of amides is 1. The van der Waals surface area contributed by atoms with E-state index in [0.29, 0.717) is 23.0 Å². The lowest BCUT2D eigenvalue weighted by Crippen LogP contribution is -2.33. The van der Waals surface area contributed by atoms with Gasteiger partial charge in [-0.1, -0.05) is 0 Å². The maximum atomic E-state index is 12.2. The average molecular weight is 277 g/mol. The van der Waals surface area contributed by atoms with Gasteiger partial charge in [0.2, 0.25) is 0 Å². The van der Waals surface area contributed by atoms with E-state index in [-0.39, 0.29) is 18.1 Å². The van der Waals surface area contributed by atoms with E-state index in [1.165, 1.54) is 12.8 Å². The smallest absolute Gasteiger partial charge is 0.251 e. The highest BCUT2D eigenvalue weighted by atomic mass is 16.5. The lowest BCUT2D eigenvalue weighted by molar-refractivity contribution is 0.0935. The van der Waals surface area contributed by atoms with Gasteiger partial charge < -0.3 is 14.8 Å². The average Bonchev–Trinajstić information content (AvgIpc) is 3.22. The zero-order valence-electron chi connectivity index (χ0n) is 12.6. The Morgan fingerprint density at radius 1 is 1.25 bits per heavy atom. The topological polar surface area (TPSA) is 47.6 Å². The summed E-state index contributed by atoms with van der Waals surface area (Å²) in [6, 6.07) is 5.53. The van der Waals surface area contributed by atoms with E-state index in [2.05, 4.69) is 12.2 Å². The zero-order valence-corrected chi connectivity index (χ0v) is 12.6. The largest absolute Gasteiger partial charge is 0.493 e. The molecule has 1 fully saturated rings. The molecule has 0 radical (unpaired) electrons. The normalized spacial score (nSPS) is 15.8. The summed E-state index contributed by atoms with van der Waals surface area (Å²) in [7, 11) is 1.58. The van der Waals surface area contributed by atoms with Crippen LogP contribution in [0.1, 0.15) is 44.0 Å². The quantitative estimate of drug-likeness (QED) is 0.869. The van der Waals surface area contributed by atoms with Crippen LogP contribution in [0.25, 0.3) is 0 Å². The van der Waals surface area contributed by atoms with Crippen LogP contribution in [0.15, 0.2) is 18.2 Å². The second kappa shape index (κ2) is 6.16. The number of hydrogen-bond acceptors (Lipinski definition) is 3. The van der Waals surface area contributed by atoms with Gasteiger partial charge in [-0.05, 0) is 57.7 Å². The van der Waals surface area contributed by atoms with Gasteiger partial charge in [0.1, 0.15) is 0 Å². The Hall–Kier alpha value is -1.71. The lowest BCUT2D eigenvalue weighted by atomic mass is 10.1. The van der Waals surface area contributed by atoms with E-state index in [4.69, 9.17) is 9.47 Å². The van der Waals surface area contributed by atoms with Crippen molar-refractivity contribution in [2.75, 3.05) is 7.11 Å². The van der Waals surface area contributed by atoms with Gasteiger partial charge in [0.25, 0.3) is 5.91 Å². The van der Waals surface area contributed by atoms with Crippen LogP contribution in [-0.2, 0) is 0 Å². The van der Waals surface area contributed by atoms with E-state index in [1.54, 1.807) is 25.3 Å². The van der Waals surface area contributed by atoms with Gasteiger partial charge >= 0.3 is 0 Å². The minimum absolute atomic E-state index is 0.0567. The first-order valence-corrected chi connectivity index (χ1v) is 7.16. The van der Waals surface area contributed by atoms with E-state index >= 15 is 0 Å². The third-order valence-corrected chi connectivity index (χ3v) is 3.48. The molecule has 1 amide bonds. The molecule has 1 aromatic rings. The first kappa shape index (κ1) is 14.7. The summed E-state index contributed by atoms with van der Waals surface area (Å²) in [4.78, 5) is 12.2. The van der Waals surface area contributed by atoms with Crippen molar-refractivity contribution in [3.63, 3.8) is 0 Å². The number of benzene rings is 1. The predicted molar refractivity (Wildman–Crippen MR) is 78.4 cm³/mol. The molecule has 0 bridgehead atoms. The highest BCUT2D eigenvalue weighted by Gasteiger charge is 2.29. The van der Waals surface area contributed by atoms with Crippen molar-refractivity contribution in [3.8, 4) is 11.5 Å². The van der Waals surface area contributed by atoms with E-state index in [0.717, 1.165) is 0 Å². The Balaban J connectivity index is 2.09. The summed E-state index contributed by atoms with van der Waals surface area (Å²) in [6.07, 6.45) is 2.50. The van der Waals surface area contributed by atoms with Crippen molar-refractivity contribution in [2.45, 2.75) is 45.8 Å². The van der Waals surface area contributed by atoms with Crippen LogP contribution in [0.5, 0.6) is 11.5 Å². The minimum Gasteiger partial charge on any atom is -0.493 e. The first-order chi connectivity index (χ1) is 9.51. The standard InChI is InChI=1S/C16H23NO3/c1-10(2)20-14-8-7-13(9-15(14)19-4)16(18)17-11(3)12-5-6-12/h7-12H,5-6H2,1-4H3,(H,17,18). The number of rotatable bonds is 6. The number of methoxy groups -OCH3 is 1. The number of ether oxygens (including phenoxy) is 2. The third kappa shape index (κ3) is 3.65. The molecular weight excluding hydrogens is 254 g/mol. The maximum Gasteiger partial charge on any atom is 0.251 e. The second-order valence-electron chi connectivity index (χ2n) is 5.63. The molecule has 110 valence electrons. The number of carbonyl (C=O) groups excluding carboxylic acids is 1. The Labute approximate surface area is 120 Å². The Morgan fingerprint density at radius 2 is 1.95 bits per heavy atom. The van der Waals surface area contributed by atoms with Gasteiger partial charge in [0, 0.05) is 11.6 Å². The fourth-order valence-corrected chi connectivity index (χ4v) is 2.16. The van der Waals surface area contributed by atoms with Gasteiger partial charge in [0.05, 0.1) is 13.2 Å². The van der Waals surface area contributed by atoms with Crippen molar-refractivity contribution in [1.29, 1.82) is 0 Å². The first-order valence-electron chi connectivity index (χ1n) is 7.16. The van der Waals surface area contributed by atoms with Crippen LogP contribution in [-0.4, -0.2) is 25.2 Å². The molecule has 0 aliphatic heterocycles. The van der Waals surface area contributed by atoms with Crippen LogP contribution >= 0.6 is 0 Å². The van der Waals surface area contributed by atoms with Crippen molar-refractivity contribution in [2.24, 2.45) is 5.92 Å². The van der Waals surface area contributed by atoms with Gasteiger partial charge in [-0.2, -0.15) is 0 Å². The summed E-state index contributed by atoms with van der Waals surface area (Å²) in [6.45, 7) is 5.97. The summed E-state index contributed by atoms with van der Waals surface area (Å²) in [5, 5.41) is 3.03. The number of carbonyl (C=O) groups is 1. The van der Waals surface area contributed by atoms with Crippen LogP contribution < -0.4 is 14.8 Å². The molecule has 20 heavy (non-hydrogen) atoms. The molecule has 0 saturated heterocycles. The van der Waals surface area contributed by atoms with Crippen LogP contribution in [0.2, 0.25) is 0 Å². The van der Waals surface area contributed by atoms with Crippen LogP contribution in [0.3, 0.4) is 0 Å². The Morgan fingerprint density at radius 3 is 2.50 bits per heavy atom. The molecule has 0 aromatic heterocycles. The molecule has 1 aliphatic carbocycles. The van der Waals surface area contributed by atoms with Crippen LogP contribution in [0.4, 0.5) is 0 Å². The molecule has 1 aliphatic rings. The summed E-state index contributed by atoms with van der Waals surface area (Å²) in [5.74, 6) is 1.84. The second-order valence-corrected chi connectivity index (χ2v) is 5.63. The van der Waals surface area contributed by atoms with Gasteiger partial charge in [-0.25, -0.2) is 0 Å². The van der Waals surface area contributed by atoms with E-state index < -0.39 is 0 Å². The molecule has 0 heterocycles. The number of hydrogen-bond donors (Lipinski definition) is 1. The van der Waals surface area contributed by atoms with Gasteiger partial charge in [-0.3, -0.25) is 4.79 Å². The summed E-state index contributed by atoms with van der Waals surface area (Å²) >= 11 is 0. The summed E-state index contributed by atoms with van der Waals surface area (Å²) < 4.78 is 10.9. The Kier molecular flexibility index (Phi) is 4.53. The fourth-order valence-electron chi connectivity index (χ4n) is 2.16. The van der Waals surface area contributed by atoms with E-state index in [1.807, 2.05) is 13.8 Å². The van der Waals surface area contributed by atoms with Crippen molar-refractivity contribution in [1.82, 2.24) is 5.32 Å². The third-order valence-electron chi connectivity index (χ3n) is 3.48. The van der Waals surface area contributed by atoms with Gasteiger partial charge in [0.15, 0.2) is 11.5 Å². The molecule has 1 atom stereocenters. The monoisotopic (exact) mass is 277 g/mol. The predicted octanol–water partition coefficient (Wildman–Crippen LogP) is 3.01. The highest BCUT2D eigenvalue weighted by molar-refractivity contribution is 5.95. The molecule has 1 saturated carbocycles. The maximum absolute atomic E-state index is 12.2. The van der Waals surface area contributed by atoms with Crippen molar-refractivity contribution < 1.29 is 14.3 Å². The van der Waals surface area contributed by atoms with Crippen molar-refractivity contribution >= 4 is 5.91 Å². The SMILES string of the molecule is COc1cc(C(=O)NC(C)C2CC2)ccc1OC(C)C. The fraction of sp³-hybridized carbons (Fsp3) is 0.562. The highest BCUT2D eigenvalue weighted by Crippen LogP contribution is 2.33. The molecule has 1 unspecified atom stereocenters. The molecule has 1 aromatic carbocycles. The van der Waals surface area contributed by atoms with Crippen LogP contribution in [0, 0.1) is 5.92 Å². The lowest BCUT2D eigenvalue weighted by Gasteiger charge is -2.16. The zero-order chi connectivity index (χ0) is 14.7. The Bertz CT molecular complexity index is 481. The molecule has 4 heteroatoms. The minimum atomic E-state index is -0.0567.